The fraction of sp³-hybridized carbons (Fsp3) is 0.273. The van der Waals surface area contributed by atoms with Crippen LogP contribution < -0.4 is 0 Å². The third-order valence-electron chi connectivity index (χ3n) is 2.40. The highest BCUT2D eigenvalue weighted by molar-refractivity contribution is 9.10. The van der Waals surface area contributed by atoms with Crippen LogP contribution in [0.15, 0.2) is 22.2 Å². The third-order valence-corrected chi connectivity index (χ3v) is 3.26. The van der Waals surface area contributed by atoms with Crippen molar-refractivity contribution in [2.24, 2.45) is 0 Å². The van der Waals surface area contributed by atoms with Crippen molar-refractivity contribution in [1.82, 2.24) is 0 Å². The summed E-state index contributed by atoms with van der Waals surface area (Å²) < 4.78 is 1.22. The molecule has 0 heterocycles. The lowest BCUT2D eigenvalue weighted by atomic mass is 10.1. The minimum Gasteiger partial charge on any atom is -0.0683 e. The van der Waals surface area contributed by atoms with Gasteiger partial charge in [0, 0.05) is 4.47 Å². The first-order valence-corrected chi connectivity index (χ1v) is 4.93. The number of halogens is 1. The van der Waals surface area contributed by atoms with E-state index >= 15 is 0 Å². The molecule has 1 aromatic rings. The van der Waals surface area contributed by atoms with Gasteiger partial charge in [-0.25, -0.2) is 0 Å². The van der Waals surface area contributed by atoms with Gasteiger partial charge in [-0.15, -0.1) is 0 Å². The molecule has 0 aromatic heterocycles. The Labute approximate surface area is 81.4 Å². The molecule has 0 N–H and O–H groups in total. The fourth-order valence-corrected chi connectivity index (χ4v) is 2.06. The van der Waals surface area contributed by atoms with Gasteiger partial charge in [-0.1, -0.05) is 33.6 Å². The van der Waals surface area contributed by atoms with Crippen LogP contribution in [0, 0.1) is 6.92 Å². The van der Waals surface area contributed by atoms with E-state index in [0.29, 0.717) is 0 Å². The lowest BCUT2D eigenvalue weighted by Crippen LogP contribution is -1.86. The molecule has 1 aromatic carbocycles. The number of hydrogen-bond donors (Lipinski definition) is 0. The van der Waals surface area contributed by atoms with Gasteiger partial charge in [0.25, 0.3) is 0 Å². The lowest BCUT2D eigenvalue weighted by molar-refractivity contribution is 1.18. The van der Waals surface area contributed by atoms with Crippen molar-refractivity contribution in [1.29, 1.82) is 0 Å². The second kappa shape index (κ2) is 2.74. The van der Waals surface area contributed by atoms with Crippen LogP contribution in [0.3, 0.4) is 0 Å². The minimum absolute atomic E-state index is 1.13. The molecule has 62 valence electrons. The number of benzene rings is 1. The van der Waals surface area contributed by atoms with Gasteiger partial charge in [0.05, 0.1) is 0 Å². The highest BCUT2D eigenvalue weighted by Gasteiger charge is 2.12. The summed E-state index contributed by atoms with van der Waals surface area (Å²) in [5, 5.41) is 0. The molecule has 0 nitrogen and oxygen atoms in total. The van der Waals surface area contributed by atoms with E-state index in [4.69, 9.17) is 0 Å². The largest absolute Gasteiger partial charge is 0.0683 e. The Morgan fingerprint density at radius 2 is 2.00 bits per heavy atom. The zero-order chi connectivity index (χ0) is 8.72. The van der Waals surface area contributed by atoms with Crippen molar-refractivity contribution in [2.75, 3.05) is 0 Å². The van der Waals surface area contributed by atoms with Gasteiger partial charge in [-0.2, -0.15) is 0 Å². The van der Waals surface area contributed by atoms with Crippen LogP contribution in [-0.2, 0) is 6.42 Å². The molecule has 0 fully saturated rings. The molecule has 0 saturated heterocycles. The topological polar surface area (TPSA) is 0 Å². The zero-order valence-electron chi connectivity index (χ0n) is 7.32. The van der Waals surface area contributed by atoms with Crippen molar-refractivity contribution >= 4 is 22.0 Å². The smallest absolute Gasteiger partial charge is 0.0210 e. The second-order valence-electron chi connectivity index (χ2n) is 3.41. The number of rotatable bonds is 0. The highest BCUT2D eigenvalue weighted by atomic mass is 79.9. The highest BCUT2D eigenvalue weighted by Crippen LogP contribution is 2.31. The van der Waals surface area contributed by atoms with E-state index in [1.165, 1.54) is 26.7 Å². The van der Waals surface area contributed by atoms with E-state index in [1.807, 2.05) is 0 Å². The molecule has 2 rings (SSSR count). The Morgan fingerprint density at radius 1 is 1.25 bits per heavy atom. The molecule has 0 aliphatic heterocycles. The van der Waals surface area contributed by atoms with Crippen LogP contribution in [0.5, 0.6) is 0 Å². The Hall–Kier alpha value is -0.560. The number of hydrogen-bond acceptors (Lipinski definition) is 0. The van der Waals surface area contributed by atoms with Crippen LogP contribution in [0.1, 0.15) is 23.6 Å². The van der Waals surface area contributed by atoms with Crippen molar-refractivity contribution in [3.05, 3.63) is 38.9 Å². The summed E-state index contributed by atoms with van der Waals surface area (Å²) in [4.78, 5) is 0. The first-order chi connectivity index (χ1) is 5.68. The zero-order valence-corrected chi connectivity index (χ0v) is 8.90. The Bertz CT molecular complexity index is 362. The molecule has 0 amide bonds. The molecule has 1 aliphatic carbocycles. The SMILES string of the molecule is CC1=Cc2c(ccc(Br)c2C)C1. The molecular weight excluding hydrogens is 212 g/mol. The number of allylic oxidation sites excluding steroid dienone is 1. The molecule has 1 aliphatic rings. The summed E-state index contributed by atoms with van der Waals surface area (Å²) in [6.45, 7) is 4.35. The van der Waals surface area contributed by atoms with Gasteiger partial charge in [-0.05, 0) is 43.0 Å². The molecule has 0 saturated carbocycles. The van der Waals surface area contributed by atoms with E-state index < -0.39 is 0 Å². The van der Waals surface area contributed by atoms with E-state index in [9.17, 15) is 0 Å². The first kappa shape index (κ1) is 8.06. The molecule has 0 atom stereocenters. The average Bonchev–Trinajstić information content (AvgIpc) is 2.39. The standard InChI is InChI=1S/C11H11Br/c1-7-5-9-3-4-11(12)8(2)10(9)6-7/h3-4,6H,5H2,1-2H3. The maximum atomic E-state index is 3.54. The van der Waals surface area contributed by atoms with Gasteiger partial charge >= 0.3 is 0 Å². The Balaban J connectivity index is 2.65. The summed E-state index contributed by atoms with van der Waals surface area (Å²) in [7, 11) is 0. The average molecular weight is 223 g/mol. The van der Waals surface area contributed by atoms with Crippen LogP contribution in [0.2, 0.25) is 0 Å². The van der Waals surface area contributed by atoms with Crippen molar-refractivity contribution in [3.8, 4) is 0 Å². The molecule has 0 bridgehead atoms. The van der Waals surface area contributed by atoms with Crippen LogP contribution in [0.25, 0.3) is 6.08 Å². The Kier molecular flexibility index (Phi) is 1.84. The van der Waals surface area contributed by atoms with E-state index in [1.54, 1.807) is 0 Å². The fourth-order valence-electron chi connectivity index (χ4n) is 1.71. The molecular formula is C11H11Br. The molecule has 12 heavy (non-hydrogen) atoms. The predicted octanol–water partition coefficient (Wildman–Crippen LogP) is 3.72. The summed E-state index contributed by atoms with van der Waals surface area (Å²) in [6, 6.07) is 4.35. The van der Waals surface area contributed by atoms with Crippen LogP contribution in [-0.4, -0.2) is 0 Å². The van der Waals surface area contributed by atoms with E-state index in [-0.39, 0.29) is 0 Å². The van der Waals surface area contributed by atoms with Gasteiger partial charge in [-0.3, -0.25) is 0 Å². The van der Waals surface area contributed by atoms with Gasteiger partial charge < -0.3 is 0 Å². The summed E-state index contributed by atoms with van der Waals surface area (Å²) in [6.07, 6.45) is 3.42. The minimum atomic E-state index is 1.13. The van der Waals surface area contributed by atoms with Crippen molar-refractivity contribution < 1.29 is 0 Å². The summed E-state index contributed by atoms with van der Waals surface area (Å²) in [5.74, 6) is 0. The maximum absolute atomic E-state index is 3.54. The van der Waals surface area contributed by atoms with E-state index in [2.05, 4.69) is 48.0 Å². The van der Waals surface area contributed by atoms with Gasteiger partial charge in [0.1, 0.15) is 0 Å². The van der Waals surface area contributed by atoms with E-state index in [0.717, 1.165) is 6.42 Å². The summed E-state index contributed by atoms with van der Waals surface area (Å²) in [5.41, 5.74) is 5.71. The predicted molar refractivity (Wildman–Crippen MR) is 56.2 cm³/mol. The molecule has 0 spiro atoms. The van der Waals surface area contributed by atoms with Crippen molar-refractivity contribution in [3.63, 3.8) is 0 Å². The quantitative estimate of drug-likeness (QED) is 0.628. The lowest BCUT2D eigenvalue weighted by Gasteiger charge is -2.04. The maximum Gasteiger partial charge on any atom is 0.0210 e. The monoisotopic (exact) mass is 222 g/mol. The molecule has 1 heteroatoms. The number of fused-ring (bicyclic) bond motifs is 1. The molecule has 0 unspecified atom stereocenters. The first-order valence-electron chi connectivity index (χ1n) is 4.13. The Morgan fingerprint density at radius 3 is 2.75 bits per heavy atom. The molecule has 0 radical (unpaired) electrons. The second-order valence-corrected chi connectivity index (χ2v) is 4.27. The van der Waals surface area contributed by atoms with Crippen LogP contribution in [0.4, 0.5) is 0 Å². The van der Waals surface area contributed by atoms with Gasteiger partial charge in [0.15, 0.2) is 0 Å². The van der Waals surface area contributed by atoms with Crippen LogP contribution >= 0.6 is 15.9 Å². The third kappa shape index (κ3) is 1.13. The van der Waals surface area contributed by atoms with Gasteiger partial charge in [0.2, 0.25) is 0 Å². The summed E-state index contributed by atoms with van der Waals surface area (Å²) >= 11 is 3.54. The van der Waals surface area contributed by atoms with Crippen molar-refractivity contribution in [2.45, 2.75) is 20.3 Å². The normalized spacial score (nSPS) is 14.4.